The second kappa shape index (κ2) is 6.55. The Morgan fingerprint density at radius 2 is 2.00 bits per heavy atom. The summed E-state index contributed by atoms with van der Waals surface area (Å²) < 4.78 is 5.38. The predicted molar refractivity (Wildman–Crippen MR) is 98.1 cm³/mol. The van der Waals surface area contributed by atoms with Crippen LogP contribution in [-0.2, 0) is 0 Å². The summed E-state index contributed by atoms with van der Waals surface area (Å²) in [5, 5.41) is 3.59. The number of methoxy groups -OCH3 is 1. The van der Waals surface area contributed by atoms with Gasteiger partial charge in [-0.15, -0.1) is 11.8 Å². The average molecular weight is 356 g/mol. The zero-order valence-corrected chi connectivity index (χ0v) is 14.8. The van der Waals surface area contributed by atoms with Gasteiger partial charge in [-0.25, -0.2) is 9.97 Å². The average Bonchev–Trinajstić information content (AvgIpc) is 3.05. The minimum atomic E-state index is 0.0263. The van der Waals surface area contributed by atoms with E-state index in [0.29, 0.717) is 11.6 Å². The Hall–Kier alpha value is -2.28. The fraction of sp³-hybridized carbons (Fsp3) is 0.389. The summed E-state index contributed by atoms with van der Waals surface area (Å²) >= 11 is 1.97. The van der Waals surface area contributed by atoms with Crippen molar-refractivity contribution in [3.05, 3.63) is 48.5 Å². The Morgan fingerprint density at radius 1 is 1.28 bits per heavy atom. The van der Waals surface area contributed by atoms with Crippen LogP contribution in [0.4, 0.5) is 5.69 Å². The first kappa shape index (κ1) is 16.2. The molecule has 2 aromatic rings. The highest BCUT2D eigenvalue weighted by molar-refractivity contribution is 8.01. The van der Waals surface area contributed by atoms with E-state index < -0.39 is 0 Å². The smallest absolute Gasteiger partial charge is 0.257 e. The van der Waals surface area contributed by atoms with E-state index in [1.165, 1.54) is 6.33 Å². The second-order valence-corrected chi connectivity index (χ2v) is 8.04. The molecule has 2 fully saturated rings. The van der Waals surface area contributed by atoms with Crippen molar-refractivity contribution in [3.8, 4) is 5.75 Å². The lowest BCUT2D eigenvalue weighted by Gasteiger charge is -2.47. The van der Waals surface area contributed by atoms with Gasteiger partial charge in [0.25, 0.3) is 5.91 Å². The third-order valence-corrected chi connectivity index (χ3v) is 6.33. The molecule has 2 aliphatic rings. The van der Waals surface area contributed by atoms with Crippen molar-refractivity contribution in [3.63, 3.8) is 0 Å². The van der Waals surface area contributed by atoms with Gasteiger partial charge in [-0.05, 0) is 30.7 Å². The lowest BCUT2D eigenvalue weighted by molar-refractivity contribution is 0.0556. The van der Waals surface area contributed by atoms with Gasteiger partial charge in [0.1, 0.15) is 12.1 Å². The monoisotopic (exact) mass is 356 g/mol. The Kier molecular flexibility index (Phi) is 4.25. The van der Waals surface area contributed by atoms with Crippen LogP contribution in [0.2, 0.25) is 0 Å². The van der Waals surface area contributed by atoms with E-state index >= 15 is 0 Å². The van der Waals surface area contributed by atoms with Crippen molar-refractivity contribution in [2.75, 3.05) is 31.3 Å². The molecule has 6 nitrogen and oxygen atoms in total. The van der Waals surface area contributed by atoms with Gasteiger partial charge in [0, 0.05) is 43.0 Å². The van der Waals surface area contributed by atoms with Crippen molar-refractivity contribution in [1.82, 2.24) is 14.9 Å². The first-order valence-electron chi connectivity index (χ1n) is 8.26. The van der Waals surface area contributed by atoms with Crippen molar-refractivity contribution < 1.29 is 9.53 Å². The molecule has 130 valence electrons. The molecule has 7 heteroatoms. The Balaban J connectivity index is 1.32. The van der Waals surface area contributed by atoms with Crippen LogP contribution in [0.5, 0.6) is 5.75 Å². The maximum Gasteiger partial charge on any atom is 0.257 e. The molecular formula is C18H20N4O2S. The molecule has 1 amide bonds. The molecular weight excluding hydrogens is 336 g/mol. The summed E-state index contributed by atoms with van der Waals surface area (Å²) in [5.74, 6) is 1.95. The van der Waals surface area contributed by atoms with Crippen molar-refractivity contribution in [2.45, 2.75) is 17.2 Å². The normalized spacial score (nSPS) is 21.0. The molecule has 3 heterocycles. The van der Waals surface area contributed by atoms with Gasteiger partial charge in [0.05, 0.1) is 17.4 Å². The van der Waals surface area contributed by atoms with Crippen LogP contribution in [0.3, 0.4) is 0 Å². The molecule has 1 N–H and O–H groups in total. The molecule has 25 heavy (non-hydrogen) atoms. The van der Waals surface area contributed by atoms with E-state index in [0.717, 1.165) is 36.7 Å². The summed E-state index contributed by atoms with van der Waals surface area (Å²) in [4.78, 5) is 22.1. The molecule has 1 aromatic carbocycles. The van der Waals surface area contributed by atoms with E-state index in [1.54, 1.807) is 19.5 Å². The van der Waals surface area contributed by atoms with Crippen molar-refractivity contribution >= 4 is 23.4 Å². The number of likely N-dealkylation sites (tertiary alicyclic amines) is 1. The lowest BCUT2D eigenvalue weighted by atomic mass is 9.91. The number of carbonyl (C=O) groups is 1. The molecule has 1 atom stereocenters. The number of hydrogen-bond acceptors (Lipinski definition) is 6. The third kappa shape index (κ3) is 3.28. The number of nitrogens with one attached hydrogen (secondary N) is 1. The van der Waals surface area contributed by atoms with E-state index in [-0.39, 0.29) is 10.7 Å². The largest absolute Gasteiger partial charge is 0.497 e. The minimum absolute atomic E-state index is 0.0263. The number of nitrogens with zero attached hydrogens (tertiary/aromatic N) is 3. The number of ether oxygens (including phenoxy) is 1. The van der Waals surface area contributed by atoms with Crippen LogP contribution in [-0.4, -0.2) is 57.5 Å². The van der Waals surface area contributed by atoms with Gasteiger partial charge < -0.3 is 15.0 Å². The first-order chi connectivity index (χ1) is 12.2. The highest BCUT2D eigenvalue weighted by Gasteiger charge is 2.50. The summed E-state index contributed by atoms with van der Waals surface area (Å²) in [6.45, 7) is 1.60. The molecule has 1 spiro atoms. The molecule has 0 aliphatic carbocycles. The van der Waals surface area contributed by atoms with Crippen LogP contribution in [0.1, 0.15) is 16.8 Å². The van der Waals surface area contributed by atoms with Gasteiger partial charge in [0.2, 0.25) is 0 Å². The number of thioether (sulfide) groups is 1. The Bertz CT molecular complexity index is 747. The molecule has 1 aromatic heterocycles. The first-order valence-corrected chi connectivity index (χ1v) is 9.25. The fourth-order valence-corrected chi connectivity index (χ4v) is 5.03. The lowest BCUT2D eigenvalue weighted by Crippen LogP contribution is -2.60. The van der Waals surface area contributed by atoms with E-state index in [1.807, 2.05) is 40.9 Å². The topological polar surface area (TPSA) is 67.3 Å². The molecule has 0 radical (unpaired) electrons. The summed E-state index contributed by atoms with van der Waals surface area (Å²) in [7, 11) is 1.67. The number of anilines is 1. The van der Waals surface area contributed by atoms with Gasteiger partial charge in [-0.2, -0.15) is 0 Å². The zero-order chi connectivity index (χ0) is 17.3. The van der Waals surface area contributed by atoms with Crippen LogP contribution in [0.15, 0.2) is 43.0 Å². The fourth-order valence-electron chi connectivity index (χ4n) is 3.47. The molecule has 0 saturated carbocycles. The number of rotatable bonds is 4. The van der Waals surface area contributed by atoms with Crippen LogP contribution >= 0.6 is 11.8 Å². The molecule has 0 bridgehead atoms. The standard InChI is InChI=1S/C18H20N4O2S/c1-24-16-4-2-14(3-5-16)21-15-6-18(25-9-15)10-22(11-18)17(23)13-7-19-12-20-8-13/h2-5,7-8,12,15,21H,6,9-11H2,1H3. The Labute approximate surface area is 151 Å². The summed E-state index contributed by atoms with van der Waals surface area (Å²) in [6.07, 6.45) is 5.67. The summed E-state index contributed by atoms with van der Waals surface area (Å²) in [6, 6.07) is 8.44. The Morgan fingerprint density at radius 3 is 2.68 bits per heavy atom. The number of amides is 1. The number of carbonyl (C=O) groups excluding carboxylic acids is 1. The van der Waals surface area contributed by atoms with Crippen molar-refractivity contribution in [2.24, 2.45) is 0 Å². The van der Waals surface area contributed by atoms with Gasteiger partial charge in [-0.3, -0.25) is 4.79 Å². The predicted octanol–water partition coefficient (Wildman–Crippen LogP) is 2.30. The van der Waals surface area contributed by atoms with Gasteiger partial charge in [0.15, 0.2) is 0 Å². The molecule has 1 unspecified atom stereocenters. The van der Waals surface area contributed by atoms with Crippen molar-refractivity contribution in [1.29, 1.82) is 0 Å². The minimum Gasteiger partial charge on any atom is -0.497 e. The molecule has 2 saturated heterocycles. The zero-order valence-electron chi connectivity index (χ0n) is 14.0. The van der Waals surface area contributed by atoms with Gasteiger partial charge >= 0.3 is 0 Å². The van der Waals surface area contributed by atoms with Gasteiger partial charge in [-0.1, -0.05) is 0 Å². The quantitative estimate of drug-likeness (QED) is 0.907. The van der Waals surface area contributed by atoms with E-state index in [2.05, 4.69) is 15.3 Å². The second-order valence-electron chi connectivity index (χ2n) is 6.56. The highest BCUT2D eigenvalue weighted by Crippen LogP contribution is 2.46. The highest BCUT2D eigenvalue weighted by atomic mass is 32.2. The summed E-state index contributed by atoms with van der Waals surface area (Å²) in [5.41, 5.74) is 1.67. The number of hydrogen-bond donors (Lipinski definition) is 1. The molecule has 4 rings (SSSR count). The number of benzene rings is 1. The van der Waals surface area contributed by atoms with Crippen LogP contribution in [0, 0.1) is 0 Å². The maximum absolute atomic E-state index is 12.4. The molecule has 2 aliphatic heterocycles. The van der Waals surface area contributed by atoms with E-state index in [9.17, 15) is 4.79 Å². The van der Waals surface area contributed by atoms with Crippen LogP contribution < -0.4 is 10.1 Å². The SMILES string of the molecule is COc1ccc(NC2CSC3(C2)CN(C(=O)c2cncnc2)C3)cc1. The number of aromatic nitrogens is 2. The van der Waals surface area contributed by atoms with Crippen LogP contribution in [0.25, 0.3) is 0 Å². The maximum atomic E-state index is 12.4. The van der Waals surface area contributed by atoms with E-state index in [4.69, 9.17) is 4.74 Å². The third-order valence-electron chi connectivity index (χ3n) is 4.72.